The number of carbonyl (C=O) groups excluding carboxylic acids is 3. The molecule has 10 heteroatoms. The third kappa shape index (κ3) is 11.8. The molecule has 0 aromatic carbocycles. The SMILES string of the molecule is O=C(CCI)[O][In]([O]C(=O)CCI)[O]C(=O)CCI. The monoisotopic (exact) mass is 712 g/mol. The molecule has 0 aliphatic carbocycles. The Kier molecular flexibility index (Phi) is 14.2. The fourth-order valence-electron chi connectivity index (χ4n) is 0.802. The Bertz CT molecular complexity index is 267. The Hall–Kier alpha value is 1.47. The molecule has 0 aliphatic rings. The molecule has 0 spiro atoms. The van der Waals surface area contributed by atoms with Crippen molar-refractivity contribution in [2.24, 2.45) is 0 Å². The molecule has 0 unspecified atom stereocenters. The summed E-state index contributed by atoms with van der Waals surface area (Å²) in [6.07, 6.45) is 0.630. The molecule has 0 saturated carbocycles. The van der Waals surface area contributed by atoms with Gasteiger partial charge in [0.1, 0.15) is 0 Å². The molecule has 108 valence electrons. The van der Waals surface area contributed by atoms with Crippen LogP contribution in [0.2, 0.25) is 0 Å². The van der Waals surface area contributed by atoms with Gasteiger partial charge in [0.25, 0.3) is 0 Å². The van der Waals surface area contributed by atoms with Crippen LogP contribution in [0.3, 0.4) is 0 Å². The van der Waals surface area contributed by atoms with Crippen molar-refractivity contribution < 1.29 is 22.9 Å². The van der Waals surface area contributed by atoms with Crippen LogP contribution >= 0.6 is 67.8 Å². The first-order valence-electron chi connectivity index (χ1n) is 5.29. The summed E-state index contributed by atoms with van der Waals surface area (Å²) in [4.78, 5) is 34.1. The van der Waals surface area contributed by atoms with E-state index in [-0.39, 0.29) is 19.3 Å². The van der Waals surface area contributed by atoms with Crippen molar-refractivity contribution in [2.45, 2.75) is 19.3 Å². The van der Waals surface area contributed by atoms with Gasteiger partial charge in [0, 0.05) is 0 Å². The molecule has 0 bridgehead atoms. The molecular weight excluding hydrogens is 700 g/mol. The van der Waals surface area contributed by atoms with E-state index in [0.717, 1.165) is 0 Å². The van der Waals surface area contributed by atoms with Gasteiger partial charge in [-0.25, -0.2) is 0 Å². The van der Waals surface area contributed by atoms with Gasteiger partial charge in [-0.05, 0) is 0 Å². The van der Waals surface area contributed by atoms with Crippen LogP contribution in [0.4, 0.5) is 0 Å². The fourth-order valence-corrected chi connectivity index (χ4v) is 5.38. The van der Waals surface area contributed by atoms with E-state index in [1.807, 2.05) is 67.8 Å². The molecule has 0 saturated heterocycles. The second-order valence-electron chi connectivity index (χ2n) is 3.08. The van der Waals surface area contributed by atoms with E-state index in [0.29, 0.717) is 13.3 Å². The maximum absolute atomic E-state index is 11.4. The molecule has 0 heterocycles. The maximum atomic E-state index is 11.4. The topological polar surface area (TPSA) is 78.9 Å². The van der Waals surface area contributed by atoms with E-state index in [9.17, 15) is 14.4 Å². The normalized spacial score (nSPS) is 9.63. The first-order chi connectivity index (χ1) is 9.03. The number of halogens is 3. The molecule has 19 heavy (non-hydrogen) atoms. The van der Waals surface area contributed by atoms with Crippen LogP contribution < -0.4 is 0 Å². The predicted octanol–water partition coefficient (Wildman–Crippen LogP) is 2.08. The summed E-state index contributed by atoms with van der Waals surface area (Å²) in [5.74, 6) is -1.46. The van der Waals surface area contributed by atoms with Gasteiger partial charge >= 0.3 is 164 Å². The van der Waals surface area contributed by atoms with Crippen molar-refractivity contribution >= 4 is 108 Å². The van der Waals surface area contributed by atoms with Crippen LogP contribution in [0.15, 0.2) is 0 Å². The van der Waals surface area contributed by atoms with Crippen molar-refractivity contribution in [3.8, 4) is 0 Å². The van der Waals surface area contributed by atoms with Crippen molar-refractivity contribution in [1.29, 1.82) is 0 Å². The molecule has 0 radical (unpaired) electrons. The molecule has 0 N–H and O–H groups in total. The van der Waals surface area contributed by atoms with Gasteiger partial charge in [-0.2, -0.15) is 0 Å². The third-order valence-electron chi connectivity index (χ3n) is 1.58. The van der Waals surface area contributed by atoms with Crippen LogP contribution in [-0.2, 0) is 22.9 Å². The van der Waals surface area contributed by atoms with Crippen LogP contribution in [0.5, 0.6) is 0 Å². The van der Waals surface area contributed by atoms with Crippen LogP contribution in [0, 0.1) is 0 Å². The molecule has 0 rings (SSSR count). The second-order valence-corrected chi connectivity index (χ2v) is 9.98. The zero-order chi connectivity index (χ0) is 14.7. The predicted molar refractivity (Wildman–Crippen MR) is 94.5 cm³/mol. The Morgan fingerprint density at radius 3 is 1.16 bits per heavy atom. The summed E-state index contributed by atoms with van der Waals surface area (Å²) < 4.78 is 16.8. The third-order valence-corrected chi connectivity index (χ3v) is 7.10. The zero-order valence-electron chi connectivity index (χ0n) is 9.90. The van der Waals surface area contributed by atoms with E-state index in [1.54, 1.807) is 0 Å². The summed E-state index contributed by atoms with van der Waals surface area (Å²) in [6, 6.07) is 0. The first-order valence-corrected chi connectivity index (χ1v) is 13.9. The van der Waals surface area contributed by atoms with Crippen LogP contribution in [-0.4, -0.2) is 53.9 Å². The van der Waals surface area contributed by atoms with Gasteiger partial charge in [0.05, 0.1) is 0 Å². The van der Waals surface area contributed by atoms with E-state index in [2.05, 4.69) is 0 Å². The Morgan fingerprint density at radius 1 is 0.684 bits per heavy atom. The van der Waals surface area contributed by atoms with Gasteiger partial charge in [0.15, 0.2) is 0 Å². The number of alkyl halides is 3. The standard InChI is InChI=1S/3C3H5IO2.In/c3*4-2-1-3(5)6;/h3*1-2H2,(H,5,6);/q;;;+3/p-3. The van der Waals surface area contributed by atoms with Crippen molar-refractivity contribution in [1.82, 2.24) is 0 Å². The number of rotatable bonds is 9. The average Bonchev–Trinajstić information content (AvgIpc) is 2.29. The molecule has 0 amide bonds. The Balaban J connectivity index is 4.40. The molecule has 0 aromatic heterocycles. The fraction of sp³-hybridized carbons (Fsp3) is 0.667. The molecule has 0 fully saturated rings. The molecule has 6 nitrogen and oxygen atoms in total. The van der Waals surface area contributed by atoms with E-state index in [4.69, 9.17) is 8.56 Å². The quantitative estimate of drug-likeness (QED) is 0.270. The van der Waals surface area contributed by atoms with Gasteiger partial charge in [0.2, 0.25) is 0 Å². The van der Waals surface area contributed by atoms with Crippen LogP contribution in [0.1, 0.15) is 19.3 Å². The summed E-state index contributed by atoms with van der Waals surface area (Å²) in [5.41, 5.74) is 0. The number of hydrogen-bond acceptors (Lipinski definition) is 6. The van der Waals surface area contributed by atoms with E-state index < -0.39 is 40.7 Å². The minimum atomic E-state index is -3.82. The summed E-state index contributed by atoms with van der Waals surface area (Å²) in [5, 5.41) is 0. The van der Waals surface area contributed by atoms with Crippen LogP contribution in [0.25, 0.3) is 0 Å². The average molecular weight is 712 g/mol. The molecular formula is C9H12I3InO6. The van der Waals surface area contributed by atoms with Crippen molar-refractivity contribution in [2.75, 3.05) is 13.3 Å². The summed E-state index contributed by atoms with van der Waals surface area (Å²) in [7, 11) is 0. The van der Waals surface area contributed by atoms with Gasteiger partial charge in [-0.1, -0.05) is 0 Å². The molecule has 0 aliphatic heterocycles. The number of carbonyl (C=O) groups is 3. The minimum absolute atomic E-state index is 0.210. The van der Waals surface area contributed by atoms with Gasteiger partial charge in [-0.15, -0.1) is 0 Å². The first kappa shape index (κ1) is 20.5. The van der Waals surface area contributed by atoms with E-state index in [1.165, 1.54) is 0 Å². The zero-order valence-corrected chi connectivity index (χ0v) is 19.7. The Labute approximate surface area is 161 Å². The number of hydrogen-bond donors (Lipinski definition) is 0. The molecule has 0 aromatic rings. The van der Waals surface area contributed by atoms with Gasteiger partial charge < -0.3 is 0 Å². The Morgan fingerprint density at radius 2 is 0.947 bits per heavy atom. The summed E-state index contributed by atoms with van der Waals surface area (Å²) >= 11 is 2.28. The second kappa shape index (κ2) is 13.2. The molecule has 0 atom stereocenters. The van der Waals surface area contributed by atoms with E-state index >= 15 is 0 Å². The summed E-state index contributed by atoms with van der Waals surface area (Å²) in [6.45, 7) is 0. The van der Waals surface area contributed by atoms with Crippen molar-refractivity contribution in [3.63, 3.8) is 0 Å². The van der Waals surface area contributed by atoms with Crippen molar-refractivity contribution in [3.05, 3.63) is 0 Å². The van der Waals surface area contributed by atoms with Gasteiger partial charge in [-0.3, -0.25) is 0 Å².